The number of hydrogen-bond donors (Lipinski definition) is 3. The maximum absolute atomic E-state index is 13.3. The number of hydrazine groups is 1. The van der Waals surface area contributed by atoms with Gasteiger partial charge in [-0.3, -0.25) is 34.3 Å². The van der Waals surface area contributed by atoms with Gasteiger partial charge in [-0.15, -0.1) is 11.6 Å². The van der Waals surface area contributed by atoms with Gasteiger partial charge in [0.05, 0.1) is 18.7 Å². The number of halogens is 1. The molecule has 2 saturated heterocycles. The summed E-state index contributed by atoms with van der Waals surface area (Å²) in [4.78, 5) is 52.4. The van der Waals surface area contributed by atoms with E-state index in [1.54, 1.807) is 28.9 Å². The van der Waals surface area contributed by atoms with Crippen LogP contribution in [0.5, 0.6) is 0 Å². The average molecular weight is 482 g/mol. The number of nitrogens with one attached hydrogen (secondary N) is 3. The second kappa shape index (κ2) is 10.9. The fourth-order valence-electron chi connectivity index (χ4n) is 4.19. The summed E-state index contributed by atoms with van der Waals surface area (Å²) in [6.45, 7) is 4.92. The number of nitrogens with zero attached hydrogens (tertiary/aromatic N) is 4. The molecule has 0 aliphatic carbocycles. The van der Waals surface area contributed by atoms with Crippen LogP contribution in [0.2, 0.25) is 0 Å². The summed E-state index contributed by atoms with van der Waals surface area (Å²) in [5, 5.41) is 11.1. The first-order valence-electron chi connectivity index (χ1n) is 11.2. The van der Waals surface area contributed by atoms with E-state index in [2.05, 4.69) is 21.2 Å². The van der Waals surface area contributed by atoms with Gasteiger partial charge in [-0.1, -0.05) is 13.8 Å². The van der Waals surface area contributed by atoms with E-state index in [0.717, 1.165) is 5.01 Å². The Morgan fingerprint density at radius 1 is 1.33 bits per heavy atom. The largest absolute Gasteiger partial charge is 0.359 e. The summed E-state index contributed by atoms with van der Waals surface area (Å²) >= 11 is 5.74. The molecule has 0 unspecified atom stereocenters. The van der Waals surface area contributed by atoms with E-state index in [0.29, 0.717) is 38.2 Å². The third kappa shape index (κ3) is 5.95. The number of aryl methyl sites for hydroxylation is 1. The number of alkyl halides is 1. The van der Waals surface area contributed by atoms with Crippen LogP contribution in [0.15, 0.2) is 12.3 Å². The van der Waals surface area contributed by atoms with Gasteiger partial charge < -0.3 is 15.5 Å². The molecule has 4 amide bonds. The molecule has 12 heteroatoms. The second-order valence-corrected chi connectivity index (χ2v) is 9.16. The lowest BCUT2D eigenvalue weighted by Gasteiger charge is -2.32. The molecular weight excluding hydrogens is 450 g/mol. The Morgan fingerprint density at radius 2 is 2.09 bits per heavy atom. The fourth-order valence-corrected chi connectivity index (χ4v) is 4.34. The molecule has 0 saturated carbocycles. The minimum Gasteiger partial charge on any atom is -0.359 e. The van der Waals surface area contributed by atoms with Gasteiger partial charge in [0.25, 0.3) is 11.8 Å². The van der Waals surface area contributed by atoms with Crippen molar-refractivity contribution in [3.63, 3.8) is 0 Å². The van der Waals surface area contributed by atoms with Gasteiger partial charge in [-0.25, -0.2) is 0 Å². The van der Waals surface area contributed by atoms with Crippen molar-refractivity contribution < 1.29 is 19.2 Å². The molecule has 11 nitrogen and oxygen atoms in total. The highest BCUT2D eigenvalue weighted by Crippen LogP contribution is 2.23. The lowest BCUT2D eigenvalue weighted by molar-refractivity contribution is -0.146. The Bertz CT molecular complexity index is 890. The molecule has 0 radical (unpaired) electrons. The van der Waals surface area contributed by atoms with Crippen LogP contribution < -0.4 is 16.1 Å². The maximum atomic E-state index is 13.3. The van der Waals surface area contributed by atoms with Gasteiger partial charge in [-0.2, -0.15) is 5.10 Å². The summed E-state index contributed by atoms with van der Waals surface area (Å²) in [7, 11) is 1.78. The molecule has 2 aliphatic heterocycles. The monoisotopic (exact) mass is 481 g/mol. The molecule has 2 fully saturated rings. The molecule has 3 heterocycles. The minimum absolute atomic E-state index is 0.0378. The molecule has 3 N–H and O–H groups in total. The predicted molar refractivity (Wildman–Crippen MR) is 122 cm³/mol. The Kier molecular flexibility index (Phi) is 8.17. The van der Waals surface area contributed by atoms with Crippen LogP contribution in [0, 0.1) is 11.8 Å². The van der Waals surface area contributed by atoms with Crippen LogP contribution in [0.1, 0.15) is 33.1 Å². The third-order valence-corrected chi connectivity index (χ3v) is 6.21. The highest BCUT2D eigenvalue weighted by atomic mass is 35.5. The van der Waals surface area contributed by atoms with Crippen molar-refractivity contribution in [2.24, 2.45) is 18.9 Å². The van der Waals surface area contributed by atoms with Gasteiger partial charge in [0, 0.05) is 26.2 Å². The highest BCUT2D eigenvalue weighted by molar-refractivity contribution is 6.27. The van der Waals surface area contributed by atoms with Crippen LogP contribution in [-0.4, -0.2) is 80.9 Å². The third-order valence-electron chi connectivity index (χ3n) is 5.98. The van der Waals surface area contributed by atoms with Gasteiger partial charge in [0.1, 0.15) is 23.8 Å². The molecule has 33 heavy (non-hydrogen) atoms. The van der Waals surface area contributed by atoms with Gasteiger partial charge in [-0.05, 0) is 25.2 Å². The Morgan fingerprint density at radius 3 is 2.67 bits per heavy atom. The van der Waals surface area contributed by atoms with Crippen molar-refractivity contribution in [3.05, 3.63) is 12.3 Å². The van der Waals surface area contributed by atoms with Crippen molar-refractivity contribution in [2.75, 3.05) is 30.8 Å². The molecule has 0 aromatic carbocycles. The molecule has 3 rings (SSSR count). The second-order valence-electron chi connectivity index (χ2n) is 8.89. The first kappa shape index (κ1) is 24.8. The highest BCUT2D eigenvalue weighted by Gasteiger charge is 2.40. The minimum atomic E-state index is -0.751. The zero-order chi connectivity index (χ0) is 24.1. The summed E-state index contributed by atoms with van der Waals surface area (Å²) in [6.07, 6.45) is 3.19. The number of carbonyl (C=O) groups excluding carboxylic acids is 4. The van der Waals surface area contributed by atoms with E-state index in [-0.39, 0.29) is 30.2 Å². The van der Waals surface area contributed by atoms with Crippen LogP contribution in [0.3, 0.4) is 0 Å². The average Bonchev–Trinajstić information content (AvgIpc) is 3.47. The van der Waals surface area contributed by atoms with Gasteiger partial charge >= 0.3 is 0 Å². The smallest absolute Gasteiger partial charge is 0.261 e. The number of likely N-dealkylation sites (tertiary alicyclic amines) is 1. The van der Waals surface area contributed by atoms with Crippen LogP contribution >= 0.6 is 11.6 Å². The predicted octanol–water partition coefficient (Wildman–Crippen LogP) is 0.0823. The van der Waals surface area contributed by atoms with Crippen molar-refractivity contribution in [1.29, 1.82) is 0 Å². The molecule has 1 aromatic rings. The van der Waals surface area contributed by atoms with Crippen LogP contribution in [-0.2, 0) is 26.2 Å². The number of anilines is 1. The van der Waals surface area contributed by atoms with Gasteiger partial charge in [0.2, 0.25) is 11.8 Å². The Hall–Kier alpha value is -2.82. The Balaban J connectivity index is 1.71. The van der Waals surface area contributed by atoms with E-state index in [4.69, 9.17) is 11.6 Å². The van der Waals surface area contributed by atoms with Crippen LogP contribution in [0.4, 0.5) is 5.82 Å². The number of carbonyl (C=O) groups is 4. The summed E-state index contributed by atoms with van der Waals surface area (Å²) in [6, 6.07) is 0.563. The summed E-state index contributed by atoms with van der Waals surface area (Å²) < 4.78 is 1.64. The van der Waals surface area contributed by atoms with Crippen molar-refractivity contribution in [3.8, 4) is 0 Å². The zero-order valence-corrected chi connectivity index (χ0v) is 20.0. The van der Waals surface area contributed by atoms with Crippen molar-refractivity contribution >= 4 is 41.0 Å². The quantitative estimate of drug-likeness (QED) is 0.338. The first-order valence-corrected chi connectivity index (χ1v) is 11.7. The number of rotatable bonds is 9. The van der Waals surface area contributed by atoms with E-state index in [9.17, 15) is 19.2 Å². The lowest BCUT2D eigenvalue weighted by atomic mass is 10.0. The molecule has 0 bridgehead atoms. The molecule has 3 atom stereocenters. The number of amides is 4. The molecule has 0 spiro atoms. The lowest BCUT2D eigenvalue weighted by Crippen LogP contribution is -2.57. The fraction of sp³-hybridized carbons (Fsp3) is 0.667. The molecular formula is C21H32ClN7O4. The molecule has 2 aliphatic rings. The zero-order valence-electron chi connectivity index (χ0n) is 19.2. The van der Waals surface area contributed by atoms with Crippen LogP contribution in [0.25, 0.3) is 0 Å². The standard InChI is InChI=1S/C21H32ClN7O4/c1-13(2)10-16(28-9-6-15(21(28)33)25-17-5-8-24-27(17)3)20(32)26-29(18(30)11-22)12-14-4-7-23-19(14)31/h5,8,13-16,25H,4,6-7,9-12H2,1-3H3,(H,23,31)(H,26,32)/t14-,15-,16-/m0/s1. The molecule has 182 valence electrons. The number of hydrogen-bond acceptors (Lipinski definition) is 6. The Labute approximate surface area is 198 Å². The first-order chi connectivity index (χ1) is 15.7. The van der Waals surface area contributed by atoms with E-state index in [1.165, 1.54) is 0 Å². The van der Waals surface area contributed by atoms with Gasteiger partial charge in [0.15, 0.2) is 0 Å². The summed E-state index contributed by atoms with van der Waals surface area (Å²) in [5.41, 5.74) is 2.64. The normalized spacial score (nSPS) is 21.3. The van der Waals surface area contributed by atoms with E-state index in [1.807, 2.05) is 13.8 Å². The number of aromatic nitrogens is 2. The SMILES string of the molecule is CC(C)C[C@@H](C(=O)NN(C[C@@H]1CCNC1=O)C(=O)CCl)N1CC[C@H](Nc2ccnn2C)C1=O. The topological polar surface area (TPSA) is 129 Å². The van der Waals surface area contributed by atoms with Crippen molar-refractivity contribution in [1.82, 2.24) is 30.4 Å². The summed E-state index contributed by atoms with van der Waals surface area (Å²) in [5.74, 6) is -1.20. The maximum Gasteiger partial charge on any atom is 0.261 e. The van der Waals surface area contributed by atoms with E-state index < -0.39 is 29.8 Å². The molecule has 1 aromatic heterocycles. The van der Waals surface area contributed by atoms with Crippen molar-refractivity contribution in [2.45, 2.75) is 45.2 Å². The van der Waals surface area contributed by atoms with E-state index >= 15 is 0 Å².